The van der Waals surface area contributed by atoms with Crippen LogP contribution in [0.2, 0.25) is 0 Å². The van der Waals surface area contributed by atoms with Gasteiger partial charge in [-0.1, -0.05) is 0 Å². The largest absolute Gasteiger partial charge is 0.497 e. The van der Waals surface area contributed by atoms with Gasteiger partial charge in [-0.2, -0.15) is 5.26 Å². The molecule has 2 aromatic rings. The van der Waals surface area contributed by atoms with Gasteiger partial charge in [0, 0.05) is 11.8 Å². The summed E-state index contributed by atoms with van der Waals surface area (Å²) in [6.45, 7) is 1.98. The van der Waals surface area contributed by atoms with Crippen molar-refractivity contribution < 1.29 is 9.47 Å². The number of aryl methyl sites for hydroxylation is 1. The fourth-order valence-corrected chi connectivity index (χ4v) is 1.90. The molecular formula is C16H16N2O2. The molecule has 4 nitrogen and oxygen atoms in total. The van der Waals surface area contributed by atoms with Crippen molar-refractivity contribution >= 4 is 11.4 Å². The third-order valence-electron chi connectivity index (χ3n) is 3.05. The maximum absolute atomic E-state index is 9.16. The molecule has 0 saturated carbocycles. The molecular weight excluding hydrogens is 252 g/mol. The third-order valence-corrected chi connectivity index (χ3v) is 3.05. The second-order valence-corrected chi connectivity index (χ2v) is 4.33. The smallest absolute Gasteiger partial charge is 0.121 e. The van der Waals surface area contributed by atoms with Crippen molar-refractivity contribution in [1.82, 2.24) is 0 Å². The molecule has 0 unspecified atom stereocenters. The molecule has 4 heteroatoms. The highest BCUT2D eigenvalue weighted by atomic mass is 16.5. The topological polar surface area (TPSA) is 54.3 Å². The Kier molecular flexibility index (Phi) is 4.11. The number of methoxy groups -OCH3 is 2. The number of nitrogens with one attached hydrogen (secondary N) is 1. The van der Waals surface area contributed by atoms with E-state index in [1.807, 2.05) is 31.2 Å². The molecule has 0 amide bonds. The number of nitrogens with zero attached hydrogens (tertiary/aromatic N) is 1. The Hall–Kier alpha value is -2.67. The van der Waals surface area contributed by atoms with Crippen molar-refractivity contribution in [3.63, 3.8) is 0 Å². The molecule has 20 heavy (non-hydrogen) atoms. The normalized spacial score (nSPS) is 9.70. The first kappa shape index (κ1) is 13.8. The van der Waals surface area contributed by atoms with Crippen molar-refractivity contribution in [2.75, 3.05) is 19.5 Å². The number of nitriles is 1. The summed E-state index contributed by atoms with van der Waals surface area (Å²) in [5, 5.41) is 12.4. The first-order valence-corrected chi connectivity index (χ1v) is 6.17. The zero-order valence-corrected chi connectivity index (χ0v) is 11.7. The van der Waals surface area contributed by atoms with Crippen molar-refractivity contribution in [1.29, 1.82) is 5.26 Å². The summed E-state index contributed by atoms with van der Waals surface area (Å²) in [7, 11) is 3.24. The van der Waals surface area contributed by atoms with Gasteiger partial charge < -0.3 is 14.8 Å². The summed E-state index contributed by atoms with van der Waals surface area (Å²) in [6, 6.07) is 13.2. The minimum Gasteiger partial charge on any atom is -0.497 e. The Morgan fingerprint density at radius 1 is 0.950 bits per heavy atom. The fraction of sp³-hybridized carbons (Fsp3) is 0.188. The minimum atomic E-state index is 0.570. The van der Waals surface area contributed by atoms with Gasteiger partial charge in [0.25, 0.3) is 0 Å². The Bertz CT molecular complexity index is 660. The van der Waals surface area contributed by atoms with E-state index in [-0.39, 0.29) is 0 Å². The summed E-state index contributed by atoms with van der Waals surface area (Å²) in [5.74, 6) is 1.51. The molecule has 2 aromatic carbocycles. The second kappa shape index (κ2) is 5.98. The molecule has 2 rings (SSSR count). The van der Waals surface area contributed by atoms with Crippen LogP contribution in [0.1, 0.15) is 11.1 Å². The Morgan fingerprint density at radius 3 is 2.20 bits per heavy atom. The fourth-order valence-electron chi connectivity index (χ4n) is 1.90. The average Bonchev–Trinajstić information content (AvgIpc) is 2.49. The van der Waals surface area contributed by atoms with Crippen molar-refractivity contribution in [2.24, 2.45) is 0 Å². The molecule has 0 radical (unpaired) electrons. The maximum Gasteiger partial charge on any atom is 0.121 e. The lowest BCUT2D eigenvalue weighted by molar-refractivity contribution is 0.414. The van der Waals surface area contributed by atoms with Crippen LogP contribution in [0, 0.1) is 18.3 Å². The van der Waals surface area contributed by atoms with E-state index in [1.165, 1.54) is 0 Å². The predicted molar refractivity (Wildman–Crippen MR) is 78.7 cm³/mol. The maximum atomic E-state index is 9.16. The van der Waals surface area contributed by atoms with Crippen LogP contribution >= 0.6 is 0 Å². The summed E-state index contributed by atoms with van der Waals surface area (Å²) in [4.78, 5) is 0. The highest BCUT2D eigenvalue weighted by molar-refractivity contribution is 5.70. The molecule has 0 aliphatic heterocycles. The van der Waals surface area contributed by atoms with E-state index in [0.717, 1.165) is 22.7 Å². The van der Waals surface area contributed by atoms with Crippen LogP contribution in [-0.4, -0.2) is 14.2 Å². The van der Waals surface area contributed by atoms with Crippen LogP contribution < -0.4 is 14.8 Å². The van der Waals surface area contributed by atoms with E-state index in [2.05, 4.69) is 11.4 Å². The van der Waals surface area contributed by atoms with Crippen molar-refractivity contribution in [2.45, 2.75) is 6.92 Å². The average molecular weight is 268 g/mol. The number of benzene rings is 2. The first-order valence-electron chi connectivity index (χ1n) is 6.17. The Labute approximate surface area is 118 Å². The Balaban J connectivity index is 2.36. The molecule has 0 aromatic heterocycles. The molecule has 0 spiro atoms. The van der Waals surface area contributed by atoms with Gasteiger partial charge in [-0.3, -0.25) is 0 Å². The molecule has 0 heterocycles. The standard InChI is InChI=1S/C16H16N2O2/c1-11-8-13(19-2)6-7-15(11)18-16-9-14(20-3)5-4-12(16)10-17/h4-9,18H,1-3H3. The van der Waals surface area contributed by atoms with Gasteiger partial charge >= 0.3 is 0 Å². The lowest BCUT2D eigenvalue weighted by Crippen LogP contribution is -1.97. The van der Waals surface area contributed by atoms with Gasteiger partial charge in [0.2, 0.25) is 0 Å². The van der Waals surface area contributed by atoms with Crippen LogP contribution in [0.15, 0.2) is 36.4 Å². The zero-order chi connectivity index (χ0) is 14.5. The number of hydrogen-bond donors (Lipinski definition) is 1. The highest BCUT2D eigenvalue weighted by Gasteiger charge is 2.07. The summed E-state index contributed by atoms with van der Waals surface area (Å²) >= 11 is 0. The molecule has 0 bridgehead atoms. The van der Waals surface area contributed by atoms with E-state index in [1.54, 1.807) is 26.4 Å². The van der Waals surface area contributed by atoms with E-state index in [4.69, 9.17) is 14.7 Å². The van der Waals surface area contributed by atoms with Crippen LogP contribution in [0.5, 0.6) is 11.5 Å². The van der Waals surface area contributed by atoms with Crippen LogP contribution in [0.3, 0.4) is 0 Å². The van der Waals surface area contributed by atoms with Crippen LogP contribution in [0.4, 0.5) is 11.4 Å². The predicted octanol–water partition coefficient (Wildman–Crippen LogP) is 3.63. The van der Waals surface area contributed by atoms with Gasteiger partial charge in [0.1, 0.15) is 17.6 Å². The molecule has 1 N–H and O–H groups in total. The van der Waals surface area contributed by atoms with Gasteiger partial charge in [-0.05, 0) is 42.8 Å². The van der Waals surface area contributed by atoms with Gasteiger partial charge in [0.15, 0.2) is 0 Å². The minimum absolute atomic E-state index is 0.570. The molecule has 102 valence electrons. The molecule has 0 atom stereocenters. The molecule has 0 fully saturated rings. The number of ether oxygens (including phenoxy) is 2. The number of rotatable bonds is 4. The lowest BCUT2D eigenvalue weighted by Gasteiger charge is -2.13. The molecule has 0 aliphatic carbocycles. The number of anilines is 2. The van der Waals surface area contributed by atoms with Crippen molar-refractivity contribution in [3.8, 4) is 17.6 Å². The third kappa shape index (κ3) is 2.83. The summed E-state index contributed by atoms with van der Waals surface area (Å²) in [5.41, 5.74) is 3.26. The second-order valence-electron chi connectivity index (χ2n) is 4.33. The SMILES string of the molecule is COc1ccc(Nc2cc(OC)ccc2C#N)c(C)c1. The van der Waals surface area contributed by atoms with Gasteiger partial charge in [0.05, 0.1) is 25.5 Å². The zero-order valence-electron chi connectivity index (χ0n) is 11.7. The van der Waals surface area contributed by atoms with Gasteiger partial charge in [-0.15, -0.1) is 0 Å². The lowest BCUT2D eigenvalue weighted by atomic mass is 10.1. The van der Waals surface area contributed by atoms with E-state index in [9.17, 15) is 0 Å². The summed E-state index contributed by atoms with van der Waals surface area (Å²) in [6.07, 6.45) is 0. The quantitative estimate of drug-likeness (QED) is 0.920. The number of hydrogen-bond acceptors (Lipinski definition) is 4. The van der Waals surface area contributed by atoms with E-state index in [0.29, 0.717) is 11.3 Å². The van der Waals surface area contributed by atoms with E-state index < -0.39 is 0 Å². The Morgan fingerprint density at radius 2 is 1.60 bits per heavy atom. The van der Waals surface area contributed by atoms with Crippen LogP contribution in [0.25, 0.3) is 0 Å². The first-order chi connectivity index (χ1) is 9.67. The molecule has 0 saturated heterocycles. The van der Waals surface area contributed by atoms with Gasteiger partial charge in [-0.25, -0.2) is 0 Å². The van der Waals surface area contributed by atoms with Crippen LogP contribution in [-0.2, 0) is 0 Å². The van der Waals surface area contributed by atoms with E-state index >= 15 is 0 Å². The molecule has 0 aliphatic rings. The monoisotopic (exact) mass is 268 g/mol. The highest BCUT2D eigenvalue weighted by Crippen LogP contribution is 2.28. The van der Waals surface area contributed by atoms with Crippen molar-refractivity contribution in [3.05, 3.63) is 47.5 Å². The summed E-state index contributed by atoms with van der Waals surface area (Å²) < 4.78 is 10.4.